The quantitative estimate of drug-likeness (QED) is 0.490. The molecule has 17 heavy (non-hydrogen) atoms. The lowest BCUT2D eigenvalue weighted by molar-refractivity contribution is 0.108. The first-order chi connectivity index (χ1) is 8.01. The summed E-state index contributed by atoms with van der Waals surface area (Å²) in [7, 11) is -1.55. The maximum absolute atomic E-state index is 6.59. The number of unbranched alkanes of at least 4 members (excludes halogenated alkanes) is 1. The third-order valence-corrected chi connectivity index (χ3v) is 8.54. The molecule has 2 radical (unpaired) electrons. The Morgan fingerprint density at radius 3 is 2.00 bits per heavy atom. The standard InChI is InChI=1S/C15H30OSi/c1-7-12-14-15(6,13-8-2)16-17(9-3,10-4)11-5/h2,8,14H,7,9-13H2,1,3-6H3. The summed E-state index contributed by atoms with van der Waals surface area (Å²) < 4.78 is 6.59. The molecule has 1 atom stereocenters. The molecule has 0 N–H and O–H groups in total. The molecule has 0 saturated heterocycles. The Kier molecular flexibility index (Phi) is 8.06. The minimum Gasteiger partial charge on any atom is -0.411 e. The Morgan fingerprint density at radius 2 is 1.65 bits per heavy atom. The summed E-state index contributed by atoms with van der Waals surface area (Å²) in [4.78, 5) is 0. The summed E-state index contributed by atoms with van der Waals surface area (Å²) in [6, 6.07) is 3.58. The van der Waals surface area contributed by atoms with E-state index in [0.29, 0.717) is 0 Å². The topological polar surface area (TPSA) is 9.23 Å². The molecule has 0 amide bonds. The first-order valence-electron chi connectivity index (χ1n) is 7.09. The fraction of sp³-hybridized carbons (Fsp3) is 0.800. The van der Waals surface area contributed by atoms with E-state index in [-0.39, 0.29) is 5.60 Å². The molecule has 0 heterocycles. The van der Waals surface area contributed by atoms with E-state index >= 15 is 0 Å². The van der Waals surface area contributed by atoms with Gasteiger partial charge in [-0.15, -0.1) is 0 Å². The average Bonchev–Trinajstić information content (AvgIpc) is 2.34. The lowest BCUT2D eigenvalue weighted by Crippen LogP contribution is -2.46. The van der Waals surface area contributed by atoms with Crippen molar-refractivity contribution >= 4 is 8.32 Å². The highest BCUT2D eigenvalue weighted by atomic mass is 28.4. The Bertz CT molecular complexity index is 203. The number of hydrogen-bond acceptors (Lipinski definition) is 1. The highest BCUT2D eigenvalue weighted by Crippen LogP contribution is 2.32. The maximum atomic E-state index is 6.59. The predicted octanol–water partition coefficient (Wildman–Crippen LogP) is 5.15. The fourth-order valence-electron chi connectivity index (χ4n) is 2.31. The van der Waals surface area contributed by atoms with Crippen molar-refractivity contribution in [3.05, 3.63) is 19.1 Å². The summed E-state index contributed by atoms with van der Waals surface area (Å²) in [5.41, 5.74) is -0.154. The van der Waals surface area contributed by atoms with Crippen LogP contribution in [0.25, 0.3) is 0 Å². The van der Waals surface area contributed by atoms with E-state index in [1.807, 2.05) is 0 Å². The highest BCUT2D eigenvalue weighted by molar-refractivity contribution is 6.73. The Hall–Kier alpha value is -0.0831. The lowest BCUT2D eigenvalue weighted by Gasteiger charge is -2.40. The van der Waals surface area contributed by atoms with E-state index in [4.69, 9.17) is 11.0 Å². The van der Waals surface area contributed by atoms with Crippen LogP contribution in [0.2, 0.25) is 18.1 Å². The van der Waals surface area contributed by atoms with Gasteiger partial charge in [-0.1, -0.05) is 46.8 Å². The van der Waals surface area contributed by atoms with E-state index in [0.717, 1.165) is 12.8 Å². The summed E-state index contributed by atoms with van der Waals surface area (Å²) >= 11 is 0. The van der Waals surface area contributed by atoms with E-state index in [1.165, 1.54) is 24.6 Å². The van der Waals surface area contributed by atoms with Gasteiger partial charge >= 0.3 is 0 Å². The molecule has 1 unspecified atom stereocenters. The van der Waals surface area contributed by atoms with Crippen molar-refractivity contribution in [2.75, 3.05) is 0 Å². The molecule has 0 aromatic rings. The zero-order valence-electron chi connectivity index (χ0n) is 12.4. The van der Waals surface area contributed by atoms with Crippen LogP contribution in [0.4, 0.5) is 0 Å². The molecule has 0 fully saturated rings. The van der Waals surface area contributed by atoms with Crippen molar-refractivity contribution < 1.29 is 4.43 Å². The fourth-order valence-corrected chi connectivity index (χ4v) is 5.40. The minimum atomic E-state index is -1.55. The van der Waals surface area contributed by atoms with Crippen LogP contribution in [0.5, 0.6) is 0 Å². The second kappa shape index (κ2) is 8.10. The van der Waals surface area contributed by atoms with Crippen molar-refractivity contribution in [3.8, 4) is 0 Å². The smallest absolute Gasteiger partial charge is 0.192 e. The normalized spacial score (nSPS) is 15.6. The molecular weight excluding hydrogens is 224 g/mol. The molecule has 0 aliphatic heterocycles. The number of rotatable bonds is 10. The molecule has 0 saturated carbocycles. The van der Waals surface area contributed by atoms with Gasteiger partial charge in [0.1, 0.15) is 0 Å². The van der Waals surface area contributed by atoms with E-state index in [9.17, 15) is 0 Å². The molecule has 0 bridgehead atoms. The van der Waals surface area contributed by atoms with Gasteiger partial charge in [0, 0.05) is 0 Å². The summed E-state index contributed by atoms with van der Waals surface area (Å²) in [6.45, 7) is 16.8. The molecule has 0 rings (SSSR count). The van der Waals surface area contributed by atoms with Gasteiger partial charge in [0.2, 0.25) is 0 Å². The van der Waals surface area contributed by atoms with Gasteiger partial charge in [-0.25, -0.2) is 0 Å². The van der Waals surface area contributed by atoms with Gasteiger partial charge in [-0.3, -0.25) is 0 Å². The zero-order chi connectivity index (χ0) is 13.4. The minimum absolute atomic E-state index is 0.154. The molecule has 0 aromatic heterocycles. The van der Waals surface area contributed by atoms with Gasteiger partial charge in [-0.2, -0.15) is 0 Å². The molecule has 100 valence electrons. The Morgan fingerprint density at radius 1 is 1.12 bits per heavy atom. The summed E-state index contributed by atoms with van der Waals surface area (Å²) in [5.74, 6) is 0. The Labute approximate surface area is 110 Å². The van der Waals surface area contributed by atoms with Gasteiger partial charge in [0.15, 0.2) is 8.32 Å². The molecule has 0 spiro atoms. The monoisotopic (exact) mass is 254 g/mol. The van der Waals surface area contributed by atoms with Crippen LogP contribution in [0.15, 0.2) is 6.08 Å². The second-order valence-electron chi connectivity index (χ2n) is 5.09. The molecule has 2 heteroatoms. The zero-order valence-corrected chi connectivity index (χ0v) is 13.4. The third kappa shape index (κ3) is 5.39. The Balaban J connectivity index is 4.74. The van der Waals surface area contributed by atoms with Crippen LogP contribution >= 0.6 is 0 Å². The molecule has 0 aromatic carbocycles. The van der Waals surface area contributed by atoms with Crippen molar-refractivity contribution in [2.24, 2.45) is 0 Å². The predicted molar refractivity (Wildman–Crippen MR) is 79.4 cm³/mol. The lowest BCUT2D eigenvalue weighted by atomic mass is 9.96. The SMILES string of the molecule is [CH]=CCC(C)([CH]CCC)O[Si](CC)(CC)CC. The van der Waals surface area contributed by atoms with Crippen molar-refractivity contribution in [3.63, 3.8) is 0 Å². The molecule has 0 aliphatic rings. The van der Waals surface area contributed by atoms with Crippen LogP contribution < -0.4 is 0 Å². The highest BCUT2D eigenvalue weighted by Gasteiger charge is 2.37. The van der Waals surface area contributed by atoms with Crippen LogP contribution in [-0.2, 0) is 4.43 Å². The van der Waals surface area contributed by atoms with Crippen molar-refractivity contribution in [2.45, 2.75) is 77.6 Å². The van der Waals surface area contributed by atoms with Gasteiger partial charge in [-0.05, 0) is 44.3 Å². The summed E-state index contributed by atoms with van der Waals surface area (Å²) in [5, 5.41) is 0. The van der Waals surface area contributed by atoms with Crippen molar-refractivity contribution in [1.82, 2.24) is 0 Å². The molecular formula is C15H30OSi. The van der Waals surface area contributed by atoms with E-state index < -0.39 is 8.32 Å². The van der Waals surface area contributed by atoms with Gasteiger partial charge < -0.3 is 4.43 Å². The average molecular weight is 254 g/mol. The number of hydrogen-bond donors (Lipinski definition) is 0. The van der Waals surface area contributed by atoms with Crippen molar-refractivity contribution in [1.29, 1.82) is 0 Å². The van der Waals surface area contributed by atoms with E-state index in [1.54, 1.807) is 6.08 Å². The van der Waals surface area contributed by atoms with Crippen LogP contribution in [0, 0.1) is 13.0 Å². The second-order valence-corrected chi connectivity index (χ2v) is 9.78. The van der Waals surface area contributed by atoms with Crippen LogP contribution in [-0.4, -0.2) is 13.9 Å². The maximum Gasteiger partial charge on any atom is 0.192 e. The first-order valence-corrected chi connectivity index (χ1v) is 9.62. The third-order valence-electron chi connectivity index (χ3n) is 3.77. The van der Waals surface area contributed by atoms with Gasteiger partial charge in [0.05, 0.1) is 5.60 Å². The van der Waals surface area contributed by atoms with Crippen LogP contribution in [0.1, 0.15) is 53.9 Å². The first kappa shape index (κ1) is 16.9. The largest absolute Gasteiger partial charge is 0.411 e. The molecule has 0 aliphatic carbocycles. The van der Waals surface area contributed by atoms with Crippen LogP contribution in [0.3, 0.4) is 0 Å². The summed E-state index contributed by atoms with van der Waals surface area (Å²) in [6.07, 6.45) is 7.15. The molecule has 1 nitrogen and oxygen atoms in total. The van der Waals surface area contributed by atoms with E-state index in [2.05, 4.69) is 41.0 Å². The van der Waals surface area contributed by atoms with Gasteiger partial charge in [0.25, 0.3) is 0 Å².